The number of halogens is 1. The van der Waals surface area contributed by atoms with Crippen molar-refractivity contribution in [2.75, 3.05) is 23.3 Å². The molecule has 0 bridgehead atoms. The van der Waals surface area contributed by atoms with Crippen LogP contribution in [0.2, 0.25) is 0 Å². The lowest BCUT2D eigenvalue weighted by Gasteiger charge is -2.21. The molecule has 2 heterocycles. The standard InChI is InChI=1S/C18H20BrN3O/c19-15-7-5-14(6-8-15)18(23)21-16-9-10-17(20-13-16)22-11-3-1-2-4-12-22/h5-10,13H,1-4,11-12H2,(H,21,23). The van der Waals surface area contributed by atoms with E-state index in [2.05, 4.69) is 31.1 Å². The number of pyridine rings is 1. The van der Waals surface area contributed by atoms with E-state index in [4.69, 9.17) is 0 Å². The molecule has 1 N–H and O–H groups in total. The summed E-state index contributed by atoms with van der Waals surface area (Å²) in [6.07, 6.45) is 6.79. The number of aromatic nitrogens is 1. The van der Waals surface area contributed by atoms with Crippen molar-refractivity contribution in [3.8, 4) is 0 Å². The molecule has 1 aliphatic heterocycles. The minimum atomic E-state index is -0.123. The SMILES string of the molecule is O=C(Nc1ccc(N2CCCCCC2)nc1)c1ccc(Br)cc1. The molecule has 23 heavy (non-hydrogen) atoms. The summed E-state index contributed by atoms with van der Waals surface area (Å²) < 4.78 is 0.956. The zero-order valence-electron chi connectivity index (χ0n) is 13.0. The predicted octanol–water partition coefficient (Wildman–Crippen LogP) is 4.48. The zero-order chi connectivity index (χ0) is 16.1. The summed E-state index contributed by atoms with van der Waals surface area (Å²) in [5.74, 6) is 0.871. The van der Waals surface area contributed by atoms with Gasteiger partial charge in [-0.1, -0.05) is 28.8 Å². The second-order valence-corrected chi connectivity index (χ2v) is 6.68. The first-order valence-corrected chi connectivity index (χ1v) is 8.79. The molecule has 0 aliphatic carbocycles. The lowest BCUT2D eigenvalue weighted by Crippen LogP contribution is -2.24. The van der Waals surface area contributed by atoms with Crippen LogP contribution in [0, 0.1) is 0 Å². The van der Waals surface area contributed by atoms with Gasteiger partial charge in [0.05, 0.1) is 11.9 Å². The topological polar surface area (TPSA) is 45.2 Å². The molecular formula is C18H20BrN3O. The molecule has 1 aromatic carbocycles. The molecule has 1 aromatic heterocycles. The van der Waals surface area contributed by atoms with E-state index in [-0.39, 0.29) is 5.91 Å². The molecule has 0 unspecified atom stereocenters. The summed E-state index contributed by atoms with van der Waals surface area (Å²) >= 11 is 3.37. The van der Waals surface area contributed by atoms with Gasteiger partial charge in [-0.15, -0.1) is 0 Å². The Hall–Kier alpha value is -1.88. The van der Waals surface area contributed by atoms with Crippen LogP contribution in [0.15, 0.2) is 47.1 Å². The Morgan fingerprint density at radius 1 is 1.00 bits per heavy atom. The normalized spacial score (nSPS) is 15.1. The number of benzene rings is 1. The maximum atomic E-state index is 12.2. The van der Waals surface area contributed by atoms with Crippen LogP contribution in [-0.4, -0.2) is 24.0 Å². The number of nitrogens with one attached hydrogen (secondary N) is 1. The highest BCUT2D eigenvalue weighted by molar-refractivity contribution is 9.10. The van der Waals surface area contributed by atoms with Gasteiger partial charge in [-0.25, -0.2) is 4.98 Å². The van der Waals surface area contributed by atoms with Crippen molar-refractivity contribution >= 4 is 33.3 Å². The predicted molar refractivity (Wildman–Crippen MR) is 97.0 cm³/mol. The third-order valence-corrected chi connectivity index (χ3v) is 4.57. The summed E-state index contributed by atoms with van der Waals surface area (Å²) in [5, 5.41) is 2.88. The lowest BCUT2D eigenvalue weighted by molar-refractivity contribution is 0.102. The van der Waals surface area contributed by atoms with E-state index < -0.39 is 0 Å². The van der Waals surface area contributed by atoms with Crippen molar-refractivity contribution in [3.05, 3.63) is 52.6 Å². The maximum absolute atomic E-state index is 12.2. The van der Waals surface area contributed by atoms with Gasteiger partial charge in [0.1, 0.15) is 5.82 Å². The van der Waals surface area contributed by atoms with Crippen molar-refractivity contribution in [2.24, 2.45) is 0 Å². The minimum absolute atomic E-state index is 0.123. The highest BCUT2D eigenvalue weighted by Gasteiger charge is 2.11. The first kappa shape index (κ1) is 16.0. The molecular weight excluding hydrogens is 354 g/mol. The summed E-state index contributed by atoms with van der Waals surface area (Å²) in [4.78, 5) is 19.0. The van der Waals surface area contributed by atoms with Crippen molar-refractivity contribution in [1.29, 1.82) is 0 Å². The Balaban J connectivity index is 1.64. The fraction of sp³-hybridized carbons (Fsp3) is 0.333. The van der Waals surface area contributed by atoms with Gasteiger partial charge < -0.3 is 10.2 Å². The van der Waals surface area contributed by atoms with Gasteiger partial charge in [0.25, 0.3) is 5.91 Å². The number of hydrogen-bond acceptors (Lipinski definition) is 3. The summed E-state index contributed by atoms with van der Waals surface area (Å²) in [6, 6.07) is 11.2. The first-order chi connectivity index (χ1) is 11.2. The van der Waals surface area contributed by atoms with Crippen LogP contribution in [0.25, 0.3) is 0 Å². The lowest BCUT2D eigenvalue weighted by atomic mass is 10.2. The second-order valence-electron chi connectivity index (χ2n) is 5.77. The van der Waals surface area contributed by atoms with E-state index in [1.165, 1.54) is 25.7 Å². The molecule has 1 amide bonds. The molecule has 5 heteroatoms. The molecule has 4 nitrogen and oxygen atoms in total. The summed E-state index contributed by atoms with van der Waals surface area (Å²) in [5.41, 5.74) is 1.35. The van der Waals surface area contributed by atoms with E-state index >= 15 is 0 Å². The van der Waals surface area contributed by atoms with E-state index in [0.29, 0.717) is 5.56 Å². The minimum Gasteiger partial charge on any atom is -0.357 e. The van der Waals surface area contributed by atoms with Crippen LogP contribution < -0.4 is 10.2 Å². The van der Waals surface area contributed by atoms with Crippen molar-refractivity contribution in [1.82, 2.24) is 4.98 Å². The number of hydrogen-bond donors (Lipinski definition) is 1. The van der Waals surface area contributed by atoms with E-state index in [0.717, 1.165) is 29.1 Å². The van der Waals surface area contributed by atoms with Crippen LogP contribution in [0.3, 0.4) is 0 Å². The average Bonchev–Trinajstić information content (AvgIpc) is 2.85. The number of amides is 1. The number of carbonyl (C=O) groups is 1. The quantitative estimate of drug-likeness (QED) is 0.862. The Labute approximate surface area is 145 Å². The Kier molecular flexibility index (Phi) is 5.28. The fourth-order valence-corrected chi connectivity index (χ4v) is 3.02. The molecule has 1 aliphatic rings. The second kappa shape index (κ2) is 7.59. The molecule has 120 valence electrons. The highest BCUT2D eigenvalue weighted by atomic mass is 79.9. The summed E-state index contributed by atoms with van der Waals surface area (Å²) in [7, 11) is 0. The number of carbonyl (C=O) groups excluding carboxylic acids is 1. The van der Waals surface area contributed by atoms with Crippen LogP contribution >= 0.6 is 15.9 Å². The van der Waals surface area contributed by atoms with Crippen molar-refractivity contribution in [2.45, 2.75) is 25.7 Å². The fourth-order valence-electron chi connectivity index (χ4n) is 2.75. The molecule has 1 fully saturated rings. The van der Waals surface area contributed by atoms with Crippen LogP contribution in [-0.2, 0) is 0 Å². The van der Waals surface area contributed by atoms with Gasteiger partial charge in [-0.05, 0) is 49.2 Å². The smallest absolute Gasteiger partial charge is 0.255 e. The molecule has 0 atom stereocenters. The number of nitrogens with zero attached hydrogens (tertiary/aromatic N) is 2. The van der Waals surface area contributed by atoms with E-state index in [1.54, 1.807) is 18.3 Å². The van der Waals surface area contributed by atoms with Crippen molar-refractivity contribution < 1.29 is 4.79 Å². The average molecular weight is 374 g/mol. The van der Waals surface area contributed by atoms with Gasteiger partial charge in [0, 0.05) is 23.1 Å². The Morgan fingerprint density at radius 3 is 2.30 bits per heavy atom. The van der Waals surface area contributed by atoms with Crippen LogP contribution in [0.5, 0.6) is 0 Å². The van der Waals surface area contributed by atoms with Gasteiger partial charge in [-0.2, -0.15) is 0 Å². The van der Waals surface area contributed by atoms with Crippen molar-refractivity contribution in [3.63, 3.8) is 0 Å². The van der Waals surface area contributed by atoms with Crippen LogP contribution in [0.4, 0.5) is 11.5 Å². The number of rotatable bonds is 3. The molecule has 0 saturated carbocycles. The van der Waals surface area contributed by atoms with E-state index in [9.17, 15) is 4.79 Å². The highest BCUT2D eigenvalue weighted by Crippen LogP contribution is 2.19. The third-order valence-electron chi connectivity index (χ3n) is 4.04. The first-order valence-electron chi connectivity index (χ1n) is 8.00. The molecule has 0 spiro atoms. The Bertz CT molecular complexity index is 647. The third kappa shape index (κ3) is 4.32. The van der Waals surface area contributed by atoms with Gasteiger partial charge >= 0.3 is 0 Å². The Morgan fingerprint density at radius 2 is 1.70 bits per heavy atom. The maximum Gasteiger partial charge on any atom is 0.255 e. The molecule has 0 radical (unpaired) electrons. The number of anilines is 2. The monoisotopic (exact) mass is 373 g/mol. The molecule has 3 rings (SSSR count). The largest absolute Gasteiger partial charge is 0.357 e. The molecule has 2 aromatic rings. The summed E-state index contributed by atoms with van der Waals surface area (Å²) in [6.45, 7) is 2.13. The zero-order valence-corrected chi connectivity index (χ0v) is 14.6. The molecule has 1 saturated heterocycles. The van der Waals surface area contributed by atoms with Gasteiger partial charge in [-0.3, -0.25) is 4.79 Å². The van der Waals surface area contributed by atoms with Crippen LogP contribution in [0.1, 0.15) is 36.0 Å². The van der Waals surface area contributed by atoms with E-state index in [1.807, 2.05) is 24.3 Å². The van der Waals surface area contributed by atoms with Gasteiger partial charge in [0.2, 0.25) is 0 Å². The van der Waals surface area contributed by atoms with Gasteiger partial charge in [0.15, 0.2) is 0 Å².